The maximum atomic E-state index is 6.27. The highest BCUT2D eigenvalue weighted by Crippen LogP contribution is 2.36. The highest BCUT2D eigenvalue weighted by atomic mass is 79.9. The zero-order chi connectivity index (χ0) is 19.7. The van der Waals surface area contributed by atoms with E-state index in [0.29, 0.717) is 22.1 Å². The third-order valence-corrected chi connectivity index (χ3v) is 5.11. The first kappa shape index (κ1) is 18.5. The number of anilines is 3. The molecular weight excluding hydrogens is 442 g/mol. The Morgan fingerprint density at radius 1 is 1.11 bits per heavy atom. The van der Waals surface area contributed by atoms with Crippen LogP contribution in [0, 0.1) is 6.92 Å². The number of nitrogens with two attached hydrogens (primary N) is 1. The number of fused-ring (bicyclic) bond motifs is 1. The molecule has 6 nitrogen and oxygen atoms in total. The van der Waals surface area contributed by atoms with Crippen LogP contribution < -0.4 is 15.8 Å². The van der Waals surface area contributed by atoms with Crippen molar-refractivity contribution in [1.82, 2.24) is 15.0 Å². The number of nitrogens with one attached hydrogen (secondary N) is 1. The summed E-state index contributed by atoms with van der Waals surface area (Å²) >= 11 is 9.62. The minimum Gasteiger partial charge on any atom is -0.435 e. The van der Waals surface area contributed by atoms with Gasteiger partial charge in [0.2, 0.25) is 5.88 Å². The van der Waals surface area contributed by atoms with E-state index >= 15 is 0 Å². The van der Waals surface area contributed by atoms with Crippen LogP contribution in [0.3, 0.4) is 0 Å². The van der Waals surface area contributed by atoms with Crippen LogP contribution in [-0.4, -0.2) is 15.0 Å². The number of halogens is 2. The maximum Gasteiger partial charge on any atom is 0.248 e. The Balaban J connectivity index is 1.70. The van der Waals surface area contributed by atoms with E-state index < -0.39 is 0 Å². The monoisotopic (exact) mass is 455 g/mol. The van der Waals surface area contributed by atoms with Crippen molar-refractivity contribution in [2.45, 2.75) is 6.92 Å². The van der Waals surface area contributed by atoms with Crippen molar-refractivity contribution in [3.05, 3.63) is 70.0 Å². The summed E-state index contributed by atoms with van der Waals surface area (Å²) in [5.74, 6) is 1.23. The Morgan fingerprint density at radius 2 is 1.96 bits per heavy atom. The lowest BCUT2D eigenvalue weighted by Crippen LogP contribution is -2.04. The topological polar surface area (TPSA) is 86.0 Å². The summed E-state index contributed by atoms with van der Waals surface area (Å²) in [4.78, 5) is 12.8. The molecule has 28 heavy (non-hydrogen) atoms. The van der Waals surface area contributed by atoms with Crippen LogP contribution in [0.4, 0.5) is 17.2 Å². The Hall–Kier alpha value is -2.90. The third kappa shape index (κ3) is 3.58. The molecule has 0 radical (unpaired) electrons. The van der Waals surface area contributed by atoms with Crippen molar-refractivity contribution in [2.75, 3.05) is 11.1 Å². The number of hydrogen-bond donors (Lipinski definition) is 2. The lowest BCUT2D eigenvalue weighted by Gasteiger charge is -2.14. The van der Waals surface area contributed by atoms with Crippen LogP contribution in [0.15, 0.2) is 59.5 Å². The van der Waals surface area contributed by atoms with Crippen molar-refractivity contribution in [3.8, 4) is 11.6 Å². The molecule has 0 bridgehead atoms. The first-order valence-corrected chi connectivity index (χ1v) is 9.55. The fourth-order valence-electron chi connectivity index (χ4n) is 2.72. The Morgan fingerprint density at radius 3 is 2.82 bits per heavy atom. The van der Waals surface area contributed by atoms with Gasteiger partial charge in [-0.15, -0.1) is 0 Å². The number of benzene rings is 2. The van der Waals surface area contributed by atoms with Crippen LogP contribution in [0.25, 0.3) is 10.9 Å². The molecule has 2 aromatic heterocycles. The molecular formula is C20H15BrClN5O. The van der Waals surface area contributed by atoms with Gasteiger partial charge in [0, 0.05) is 26.8 Å². The highest BCUT2D eigenvalue weighted by Gasteiger charge is 2.14. The van der Waals surface area contributed by atoms with Crippen molar-refractivity contribution in [3.63, 3.8) is 0 Å². The molecule has 0 aliphatic rings. The number of hydrogen-bond acceptors (Lipinski definition) is 6. The zero-order valence-corrected chi connectivity index (χ0v) is 17.1. The fraction of sp³-hybridized carbons (Fsp3) is 0.0500. The van der Waals surface area contributed by atoms with E-state index in [9.17, 15) is 0 Å². The highest BCUT2D eigenvalue weighted by molar-refractivity contribution is 9.10. The van der Waals surface area contributed by atoms with Gasteiger partial charge in [0.15, 0.2) is 11.6 Å². The standard InChI is InChI=1S/C20H15BrClN5O/c1-11-4-5-12(22)9-15(11)27-19-17(23)20(26-10-25-19)28-16-7-6-14(21)13-3-2-8-24-18(13)16/h2-10H,23H2,1H3,(H,25,26,27). The minimum absolute atomic E-state index is 0.242. The molecule has 3 N–H and O–H groups in total. The van der Waals surface area contributed by atoms with Crippen LogP contribution in [0.2, 0.25) is 5.02 Å². The maximum absolute atomic E-state index is 6.27. The Kier molecular flexibility index (Phi) is 5.02. The first-order valence-electron chi connectivity index (χ1n) is 8.37. The molecule has 0 unspecified atom stereocenters. The van der Waals surface area contributed by atoms with Gasteiger partial charge in [-0.3, -0.25) is 4.98 Å². The lowest BCUT2D eigenvalue weighted by atomic mass is 10.2. The number of nitrogens with zero attached hydrogens (tertiary/aromatic N) is 3. The minimum atomic E-state index is 0.242. The van der Waals surface area contributed by atoms with E-state index in [0.717, 1.165) is 21.1 Å². The molecule has 0 saturated carbocycles. The van der Waals surface area contributed by atoms with E-state index in [4.69, 9.17) is 22.1 Å². The van der Waals surface area contributed by atoms with E-state index in [2.05, 4.69) is 36.2 Å². The van der Waals surface area contributed by atoms with Gasteiger partial charge in [-0.05, 0) is 42.8 Å². The van der Waals surface area contributed by atoms with Crippen LogP contribution in [0.1, 0.15) is 5.56 Å². The SMILES string of the molecule is Cc1ccc(Cl)cc1Nc1ncnc(Oc2ccc(Br)c3cccnc23)c1N. The summed E-state index contributed by atoms with van der Waals surface area (Å²) < 4.78 is 6.91. The second kappa shape index (κ2) is 7.61. The molecule has 0 aliphatic carbocycles. The van der Waals surface area contributed by atoms with Gasteiger partial charge in [0.25, 0.3) is 0 Å². The molecule has 4 rings (SSSR count). The fourth-order valence-corrected chi connectivity index (χ4v) is 3.34. The van der Waals surface area contributed by atoms with Gasteiger partial charge in [-0.1, -0.05) is 39.7 Å². The number of aryl methyl sites for hydroxylation is 1. The van der Waals surface area contributed by atoms with E-state index in [1.54, 1.807) is 6.20 Å². The second-order valence-corrected chi connectivity index (χ2v) is 7.36. The largest absolute Gasteiger partial charge is 0.435 e. The van der Waals surface area contributed by atoms with E-state index in [-0.39, 0.29) is 11.6 Å². The van der Waals surface area contributed by atoms with Crippen molar-refractivity contribution >= 4 is 55.6 Å². The molecule has 0 aliphatic heterocycles. The van der Waals surface area contributed by atoms with Crippen molar-refractivity contribution in [2.24, 2.45) is 0 Å². The van der Waals surface area contributed by atoms with Gasteiger partial charge in [-0.25, -0.2) is 4.98 Å². The molecule has 0 amide bonds. The lowest BCUT2D eigenvalue weighted by molar-refractivity contribution is 0.469. The van der Waals surface area contributed by atoms with E-state index in [1.807, 2.05) is 49.4 Å². The van der Waals surface area contributed by atoms with E-state index in [1.165, 1.54) is 6.33 Å². The Labute approximate surface area is 174 Å². The average molecular weight is 457 g/mol. The Bertz CT molecular complexity index is 1180. The van der Waals surface area contributed by atoms with Crippen LogP contribution in [-0.2, 0) is 0 Å². The predicted octanol–water partition coefficient (Wildman–Crippen LogP) is 5.87. The number of rotatable bonds is 4. The molecule has 0 saturated heterocycles. The van der Waals surface area contributed by atoms with Gasteiger partial charge in [0.05, 0.1) is 0 Å². The molecule has 8 heteroatoms. The zero-order valence-electron chi connectivity index (χ0n) is 14.8. The van der Waals surface area contributed by atoms with Gasteiger partial charge in [0.1, 0.15) is 17.5 Å². The van der Waals surface area contributed by atoms with Gasteiger partial charge < -0.3 is 15.8 Å². The third-order valence-electron chi connectivity index (χ3n) is 4.19. The number of pyridine rings is 1. The summed E-state index contributed by atoms with van der Waals surface area (Å²) in [6.07, 6.45) is 3.10. The van der Waals surface area contributed by atoms with Crippen molar-refractivity contribution in [1.29, 1.82) is 0 Å². The first-order chi connectivity index (χ1) is 13.5. The normalized spacial score (nSPS) is 10.8. The molecule has 0 atom stereocenters. The second-order valence-electron chi connectivity index (χ2n) is 6.07. The molecule has 2 aromatic carbocycles. The van der Waals surface area contributed by atoms with Crippen LogP contribution in [0.5, 0.6) is 11.6 Å². The summed E-state index contributed by atoms with van der Waals surface area (Å²) in [5, 5.41) is 4.74. The number of ether oxygens (including phenoxy) is 1. The van der Waals surface area contributed by atoms with Gasteiger partial charge in [-0.2, -0.15) is 4.98 Å². The molecule has 4 aromatic rings. The summed E-state index contributed by atoms with van der Waals surface area (Å²) in [6, 6.07) is 13.1. The van der Waals surface area contributed by atoms with Crippen molar-refractivity contribution < 1.29 is 4.74 Å². The molecule has 0 spiro atoms. The summed E-state index contributed by atoms with van der Waals surface area (Å²) in [6.45, 7) is 1.97. The van der Waals surface area contributed by atoms with Gasteiger partial charge >= 0.3 is 0 Å². The number of aromatic nitrogens is 3. The number of nitrogen functional groups attached to an aromatic ring is 1. The summed E-state index contributed by atoms with van der Waals surface area (Å²) in [7, 11) is 0. The predicted molar refractivity (Wildman–Crippen MR) is 115 cm³/mol. The molecule has 0 fully saturated rings. The smallest absolute Gasteiger partial charge is 0.248 e. The quantitative estimate of drug-likeness (QED) is 0.399. The summed E-state index contributed by atoms with van der Waals surface area (Å²) in [5.41, 5.74) is 9.07. The molecule has 140 valence electrons. The average Bonchev–Trinajstić information content (AvgIpc) is 2.70. The molecule has 2 heterocycles. The van der Waals surface area contributed by atoms with Crippen LogP contribution >= 0.6 is 27.5 Å².